The average Bonchev–Trinajstić information content (AvgIpc) is 2.24. The summed E-state index contributed by atoms with van der Waals surface area (Å²) >= 11 is 0. The molecule has 1 aromatic rings. The molecule has 0 bridgehead atoms. The lowest BCUT2D eigenvalue weighted by Crippen LogP contribution is -2.39. The molecule has 0 unspecified atom stereocenters. The Morgan fingerprint density at radius 1 is 1.14 bits per heavy atom. The van der Waals surface area contributed by atoms with Crippen LogP contribution in [0.2, 0.25) is 0 Å². The molecular formula is C12H16N2O6S. The number of hydrogen-bond donors (Lipinski definition) is 3. The third kappa shape index (κ3) is 6.13. The van der Waals surface area contributed by atoms with E-state index in [0.29, 0.717) is 0 Å². The maximum atomic E-state index is 11.7. The highest BCUT2D eigenvalue weighted by Gasteiger charge is 2.21. The van der Waals surface area contributed by atoms with Crippen LogP contribution < -0.4 is 9.44 Å². The molecule has 0 radical (unpaired) electrons. The Morgan fingerprint density at radius 2 is 1.67 bits per heavy atom. The summed E-state index contributed by atoms with van der Waals surface area (Å²) in [7, 11) is -4.16. The first-order chi connectivity index (χ1) is 9.48. The van der Waals surface area contributed by atoms with Crippen LogP contribution in [0.3, 0.4) is 0 Å². The fourth-order valence-corrected chi connectivity index (χ4v) is 2.03. The lowest BCUT2D eigenvalue weighted by molar-refractivity contribution is 0.0569. The summed E-state index contributed by atoms with van der Waals surface area (Å²) in [4.78, 5) is 22.0. The van der Waals surface area contributed by atoms with Gasteiger partial charge in [0.25, 0.3) is 0 Å². The topological polar surface area (TPSA) is 122 Å². The molecule has 0 aliphatic carbocycles. The first-order valence-electron chi connectivity index (χ1n) is 5.85. The highest BCUT2D eigenvalue weighted by atomic mass is 32.2. The molecule has 0 aromatic heterocycles. The van der Waals surface area contributed by atoms with Crippen LogP contribution in [0.1, 0.15) is 31.1 Å². The summed E-state index contributed by atoms with van der Waals surface area (Å²) in [5.74, 6) is -1.13. The standard InChI is InChI=1S/C12H16N2O6S/c1-12(2,3)20-11(17)14-21(18,19)13-9-6-4-8(5-7-9)10(15)16/h4-7,13H,1-3H3,(H,14,17)(H,15,16). The second-order valence-electron chi connectivity index (χ2n) is 5.09. The van der Waals surface area contributed by atoms with Crippen LogP contribution >= 0.6 is 0 Å². The van der Waals surface area contributed by atoms with E-state index in [-0.39, 0.29) is 11.3 Å². The van der Waals surface area contributed by atoms with Crippen molar-refractivity contribution < 1.29 is 27.9 Å². The number of hydrogen-bond acceptors (Lipinski definition) is 5. The normalized spacial score (nSPS) is 11.6. The molecule has 3 N–H and O–H groups in total. The van der Waals surface area contributed by atoms with Crippen molar-refractivity contribution in [2.75, 3.05) is 4.72 Å². The van der Waals surface area contributed by atoms with Crippen molar-refractivity contribution in [3.8, 4) is 0 Å². The smallest absolute Gasteiger partial charge is 0.422 e. The van der Waals surface area contributed by atoms with Gasteiger partial charge in [-0.3, -0.25) is 4.72 Å². The van der Waals surface area contributed by atoms with Gasteiger partial charge in [0, 0.05) is 0 Å². The molecule has 21 heavy (non-hydrogen) atoms. The predicted octanol–water partition coefficient (Wildman–Crippen LogP) is 1.57. The molecule has 0 saturated heterocycles. The second-order valence-corrected chi connectivity index (χ2v) is 6.51. The summed E-state index contributed by atoms with van der Waals surface area (Å²) in [5, 5.41) is 8.72. The molecule has 1 aromatic carbocycles. The molecular weight excluding hydrogens is 300 g/mol. The van der Waals surface area contributed by atoms with E-state index in [1.807, 2.05) is 0 Å². The fourth-order valence-electron chi connectivity index (χ4n) is 1.27. The van der Waals surface area contributed by atoms with E-state index in [1.165, 1.54) is 24.3 Å². The van der Waals surface area contributed by atoms with Gasteiger partial charge >= 0.3 is 22.3 Å². The third-order valence-corrected chi connectivity index (χ3v) is 2.94. The number of nitrogens with one attached hydrogen (secondary N) is 2. The highest BCUT2D eigenvalue weighted by molar-refractivity contribution is 7.91. The maximum absolute atomic E-state index is 11.7. The van der Waals surface area contributed by atoms with Gasteiger partial charge in [0.15, 0.2) is 0 Å². The van der Waals surface area contributed by atoms with E-state index in [4.69, 9.17) is 9.84 Å². The van der Waals surface area contributed by atoms with Crippen molar-refractivity contribution in [1.82, 2.24) is 4.72 Å². The predicted molar refractivity (Wildman–Crippen MR) is 75.3 cm³/mol. The van der Waals surface area contributed by atoms with E-state index >= 15 is 0 Å². The zero-order chi connectivity index (χ0) is 16.3. The Hall–Kier alpha value is -2.29. The molecule has 0 heterocycles. The molecule has 0 spiro atoms. The van der Waals surface area contributed by atoms with Crippen LogP contribution in [0.25, 0.3) is 0 Å². The molecule has 0 aliphatic rings. The molecule has 0 saturated carbocycles. The molecule has 0 atom stereocenters. The van der Waals surface area contributed by atoms with E-state index < -0.39 is 27.9 Å². The minimum atomic E-state index is -4.16. The number of carbonyl (C=O) groups is 2. The minimum absolute atomic E-state index is 0.0121. The van der Waals surface area contributed by atoms with Gasteiger partial charge in [0.1, 0.15) is 5.60 Å². The first-order valence-corrected chi connectivity index (χ1v) is 7.34. The number of aromatic carboxylic acids is 1. The van der Waals surface area contributed by atoms with Gasteiger partial charge in [-0.1, -0.05) is 0 Å². The van der Waals surface area contributed by atoms with E-state index in [2.05, 4.69) is 4.72 Å². The Kier molecular flexibility index (Phi) is 4.79. The number of rotatable bonds is 4. The van der Waals surface area contributed by atoms with E-state index in [1.54, 1.807) is 25.5 Å². The van der Waals surface area contributed by atoms with Crippen LogP contribution in [0.15, 0.2) is 24.3 Å². The monoisotopic (exact) mass is 316 g/mol. The number of carbonyl (C=O) groups excluding carboxylic acids is 1. The SMILES string of the molecule is CC(C)(C)OC(=O)NS(=O)(=O)Nc1ccc(C(=O)O)cc1. The van der Waals surface area contributed by atoms with Gasteiger partial charge in [-0.05, 0) is 45.0 Å². The largest absolute Gasteiger partial charge is 0.478 e. The molecule has 0 fully saturated rings. The van der Waals surface area contributed by atoms with Crippen molar-refractivity contribution >= 4 is 28.0 Å². The van der Waals surface area contributed by atoms with Gasteiger partial charge in [-0.2, -0.15) is 8.42 Å². The van der Waals surface area contributed by atoms with Gasteiger partial charge < -0.3 is 9.84 Å². The van der Waals surface area contributed by atoms with Crippen LogP contribution in [0.4, 0.5) is 10.5 Å². The molecule has 0 aliphatic heterocycles. The van der Waals surface area contributed by atoms with Gasteiger partial charge in [0.05, 0.1) is 11.3 Å². The molecule has 116 valence electrons. The number of benzene rings is 1. The van der Waals surface area contributed by atoms with Crippen LogP contribution in [0.5, 0.6) is 0 Å². The summed E-state index contributed by atoms with van der Waals surface area (Å²) in [5.41, 5.74) is -0.711. The first kappa shape index (κ1) is 16.8. The van der Waals surface area contributed by atoms with Crippen molar-refractivity contribution in [2.45, 2.75) is 26.4 Å². The Bertz CT molecular complexity index is 631. The summed E-state index contributed by atoms with van der Waals surface area (Å²) in [6, 6.07) is 4.98. The van der Waals surface area contributed by atoms with Gasteiger partial charge in [-0.25, -0.2) is 14.3 Å². The lowest BCUT2D eigenvalue weighted by Gasteiger charge is -2.19. The Labute approximate surface area is 122 Å². The zero-order valence-electron chi connectivity index (χ0n) is 11.7. The van der Waals surface area contributed by atoms with Crippen LogP contribution in [-0.2, 0) is 14.9 Å². The van der Waals surface area contributed by atoms with E-state index in [0.717, 1.165) is 0 Å². The lowest BCUT2D eigenvalue weighted by atomic mass is 10.2. The Balaban J connectivity index is 2.72. The van der Waals surface area contributed by atoms with E-state index in [9.17, 15) is 18.0 Å². The highest BCUT2D eigenvalue weighted by Crippen LogP contribution is 2.11. The number of anilines is 1. The Morgan fingerprint density at radius 3 is 2.10 bits per heavy atom. The maximum Gasteiger partial charge on any atom is 0.422 e. The third-order valence-electron chi connectivity index (χ3n) is 2.00. The van der Waals surface area contributed by atoms with Crippen molar-refractivity contribution in [3.05, 3.63) is 29.8 Å². The van der Waals surface area contributed by atoms with Crippen molar-refractivity contribution in [2.24, 2.45) is 0 Å². The number of amides is 1. The van der Waals surface area contributed by atoms with Crippen LogP contribution in [0, 0.1) is 0 Å². The fraction of sp³-hybridized carbons (Fsp3) is 0.333. The number of ether oxygens (including phenoxy) is 1. The molecule has 1 amide bonds. The summed E-state index contributed by atoms with van der Waals surface area (Å²) < 4.78 is 31.9. The van der Waals surface area contributed by atoms with Crippen molar-refractivity contribution in [1.29, 1.82) is 0 Å². The van der Waals surface area contributed by atoms with Crippen LogP contribution in [-0.4, -0.2) is 31.2 Å². The zero-order valence-corrected chi connectivity index (χ0v) is 12.5. The second kappa shape index (κ2) is 6.00. The minimum Gasteiger partial charge on any atom is -0.478 e. The average molecular weight is 316 g/mol. The van der Waals surface area contributed by atoms with Gasteiger partial charge in [0.2, 0.25) is 0 Å². The van der Waals surface area contributed by atoms with Gasteiger partial charge in [-0.15, -0.1) is 0 Å². The molecule has 8 nitrogen and oxygen atoms in total. The summed E-state index contributed by atoms with van der Waals surface area (Å²) in [6.07, 6.45) is -1.11. The quantitative estimate of drug-likeness (QED) is 0.775. The van der Waals surface area contributed by atoms with Crippen molar-refractivity contribution in [3.63, 3.8) is 0 Å². The number of carboxylic acids is 1. The molecule has 9 heteroatoms. The summed E-state index contributed by atoms with van der Waals surface area (Å²) in [6.45, 7) is 4.78. The number of carboxylic acid groups (broad SMARTS) is 1. The molecule has 1 rings (SSSR count).